The van der Waals surface area contributed by atoms with Crippen LogP contribution in [0.15, 0.2) is 36.0 Å². The Bertz CT molecular complexity index is 1390. The predicted molar refractivity (Wildman–Crippen MR) is 133 cm³/mol. The molecule has 1 fully saturated rings. The maximum Gasteiger partial charge on any atom is 0.237 e. The van der Waals surface area contributed by atoms with Crippen molar-refractivity contribution < 1.29 is 13.2 Å². The van der Waals surface area contributed by atoms with Crippen molar-refractivity contribution in [1.82, 2.24) is 9.97 Å². The highest BCUT2D eigenvalue weighted by molar-refractivity contribution is 7.93. The van der Waals surface area contributed by atoms with E-state index in [0.29, 0.717) is 29.8 Å². The fraction of sp³-hybridized carbons (Fsp3) is 0.333. The number of nitriles is 1. The Labute approximate surface area is 203 Å². The average Bonchev–Trinajstić information content (AvgIpc) is 3.56. The monoisotopic (exact) mass is 495 g/mol. The summed E-state index contributed by atoms with van der Waals surface area (Å²) in [7, 11) is -3.41. The average molecular weight is 496 g/mol. The van der Waals surface area contributed by atoms with E-state index in [-0.39, 0.29) is 16.3 Å². The molecule has 3 aromatic rings. The molecular weight excluding hydrogens is 470 g/mol. The van der Waals surface area contributed by atoms with Crippen LogP contribution in [0.3, 0.4) is 0 Å². The van der Waals surface area contributed by atoms with Crippen LogP contribution in [-0.4, -0.2) is 29.5 Å². The molecular formula is C24H25N5O3S2. The van der Waals surface area contributed by atoms with Crippen molar-refractivity contribution in [3.05, 3.63) is 58.4 Å². The molecule has 4 rings (SSSR count). The smallest absolute Gasteiger partial charge is 0.237 e. The van der Waals surface area contributed by atoms with Crippen molar-refractivity contribution in [3.63, 3.8) is 0 Å². The summed E-state index contributed by atoms with van der Waals surface area (Å²) in [4.78, 5) is 21.8. The minimum atomic E-state index is -3.41. The van der Waals surface area contributed by atoms with Gasteiger partial charge in [0.15, 0.2) is 5.13 Å². The Morgan fingerprint density at radius 3 is 2.44 bits per heavy atom. The van der Waals surface area contributed by atoms with Crippen LogP contribution in [-0.2, 0) is 20.2 Å². The summed E-state index contributed by atoms with van der Waals surface area (Å²) in [6.45, 7) is 7.34. The van der Waals surface area contributed by atoms with Gasteiger partial charge in [0.25, 0.3) is 0 Å². The molecule has 2 heterocycles. The number of carbonyl (C=O) groups is 1. The zero-order chi connectivity index (χ0) is 24.7. The zero-order valence-corrected chi connectivity index (χ0v) is 21.0. The van der Waals surface area contributed by atoms with Crippen LogP contribution in [0, 0.1) is 25.2 Å². The number of nitrogens with one attached hydrogen (secondary N) is 2. The van der Waals surface area contributed by atoms with Crippen molar-refractivity contribution in [1.29, 1.82) is 5.26 Å². The number of hydrogen-bond acceptors (Lipinski definition) is 7. The minimum Gasteiger partial charge on any atom is -0.325 e. The first-order chi connectivity index (χ1) is 16.0. The highest BCUT2D eigenvalue weighted by atomic mass is 32.2. The van der Waals surface area contributed by atoms with Crippen LogP contribution in [0.25, 0.3) is 11.1 Å². The molecule has 1 aromatic carbocycles. The van der Waals surface area contributed by atoms with E-state index in [9.17, 15) is 13.2 Å². The number of amides is 1. The van der Waals surface area contributed by atoms with Gasteiger partial charge in [-0.2, -0.15) is 5.26 Å². The molecule has 1 aliphatic carbocycles. The van der Waals surface area contributed by atoms with Gasteiger partial charge in [0.1, 0.15) is 6.07 Å². The van der Waals surface area contributed by atoms with E-state index < -0.39 is 15.4 Å². The largest absolute Gasteiger partial charge is 0.325 e. The molecule has 0 saturated heterocycles. The first-order valence-corrected chi connectivity index (χ1v) is 13.2. The number of aryl methyl sites for hydroxylation is 2. The van der Waals surface area contributed by atoms with Crippen LogP contribution in [0.4, 0.5) is 10.8 Å². The Hall–Kier alpha value is -3.29. The van der Waals surface area contributed by atoms with Crippen LogP contribution in [0.1, 0.15) is 49.1 Å². The highest BCUT2D eigenvalue weighted by Gasteiger charge is 2.37. The second-order valence-electron chi connectivity index (χ2n) is 9.02. The molecule has 0 radical (unpaired) electrons. The van der Waals surface area contributed by atoms with Gasteiger partial charge < -0.3 is 5.32 Å². The molecule has 1 saturated carbocycles. The highest BCUT2D eigenvalue weighted by Crippen LogP contribution is 2.34. The van der Waals surface area contributed by atoms with E-state index in [2.05, 4.69) is 26.1 Å². The SMILES string of the molecule is Cc1cc(-c2cncc(C#N)c2)cc(C)c1NC(=O)C(C)(C)c1csc(NS(=O)(=O)C2CC2)n1. The Kier molecular flexibility index (Phi) is 6.18. The predicted octanol–water partition coefficient (Wildman–Crippen LogP) is 4.51. The number of thiazole rings is 1. The van der Waals surface area contributed by atoms with Crippen LogP contribution >= 0.6 is 11.3 Å². The summed E-state index contributed by atoms with van der Waals surface area (Å²) < 4.78 is 26.9. The third-order valence-electron chi connectivity index (χ3n) is 5.88. The summed E-state index contributed by atoms with van der Waals surface area (Å²) in [5.41, 5.74) is 4.17. The molecule has 0 aliphatic heterocycles. The Morgan fingerprint density at radius 1 is 1.15 bits per heavy atom. The molecule has 0 atom stereocenters. The van der Waals surface area contributed by atoms with E-state index in [4.69, 9.17) is 5.26 Å². The Balaban J connectivity index is 1.54. The third kappa shape index (κ3) is 4.81. The number of sulfonamides is 1. The third-order valence-corrected chi connectivity index (χ3v) is 8.59. The molecule has 34 heavy (non-hydrogen) atoms. The van der Waals surface area contributed by atoms with Crippen molar-refractivity contribution in [2.45, 2.75) is 51.2 Å². The molecule has 176 valence electrons. The normalized spacial score (nSPS) is 13.9. The Morgan fingerprint density at radius 2 is 1.82 bits per heavy atom. The molecule has 2 aromatic heterocycles. The summed E-state index contributed by atoms with van der Waals surface area (Å²) in [6, 6.07) is 7.77. The van der Waals surface area contributed by atoms with Crippen LogP contribution in [0.2, 0.25) is 0 Å². The van der Waals surface area contributed by atoms with Crippen molar-refractivity contribution in [3.8, 4) is 17.2 Å². The zero-order valence-electron chi connectivity index (χ0n) is 19.3. The second kappa shape index (κ2) is 8.81. The number of nitrogens with zero attached hydrogens (tertiary/aromatic N) is 3. The first-order valence-electron chi connectivity index (χ1n) is 10.8. The van der Waals surface area contributed by atoms with E-state index in [1.165, 1.54) is 17.5 Å². The number of anilines is 2. The lowest BCUT2D eigenvalue weighted by Gasteiger charge is -2.23. The van der Waals surface area contributed by atoms with E-state index >= 15 is 0 Å². The lowest BCUT2D eigenvalue weighted by atomic mass is 9.88. The van der Waals surface area contributed by atoms with Gasteiger partial charge in [-0.15, -0.1) is 11.3 Å². The van der Waals surface area contributed by atoms with Gasteiger partial charge in [-0.3, -0.25) is 14.5 Å². The molecule has 0 unspecified atom stereocenters. The molecule has 0 bridgehead atoms. The maximum absolute atomic E-state index is 13.3. The quantitative estimate of drug-likeness (QED) is 0.497. The van der Waals surface area contributed by atoms with E-state index in [1.54, 1.807) is 31.5 Å². The number of hydrogen-bond donors (Lipinski definition) is 2. The minimum absolute atomic E-state index is 0.249. The van der Waals surface area contributed by atoms with Crippen molar-refractivity contribution >= 4 is 38.1 Å². The summed E-state index contributed by atoms with van der Waals surface area (Å²) in [6.07, 6.45) is 4.55. The summed E-state index contributed by atoms with van der Waals surface area (Å²) in [5.74, 6) is -0.249. The molecule has 1 aliphatic rings. The van der Waals surface area contributed by atoms with Crippen molar-refractivity contribution in [2.75, 3.05) is 10.0 Å². The van der Waals surface area contributed by atoms with Gasteiger partial charge in [-0.05, 0) is 75.4 Å². The maximum atomic E-state index is 13.3. The number of pyridine rings is 1. The van der Waals surface area contributed by atoms with E-state index in [0.717, 1.165) is 22.3 Å². The van der Waals surface area contributed by atoms with Gasteiger partial charge in [-0.1, -0.05) is 0 Å². The second-order valence-corrected chi connectivity index (χ2v) is 11.8. The van der Waals surface area contributed by atoms with Gasteiger partial charge in [0, 0.05) is 29.0 Å². The topological polar surface area (TPSA) is 125 Å². The summed E-state index contributed by atoms with van der Waals surface area (Å²) in [5, 5.41) is 13.8. The molecule has 8 nitrogen and oxygen atoms in total. The molecule has 10 heteroatoms. The lowest BCUT2D eigenvalue weighted by Crippen LogP contribution is -2.35. The molecule has 0 spiro atoms. The molecule has 2 N–H and O–H groups in total. The van der Waals surface area contributed by atoms with Gasteiger partial charge in [0.05, 0.1) is 21.9 Å². The molecule has 1 amide bonds. The lowest BCUT2D eigenvalue weighted by molar-refractivity contribution is -0.120. The van der Waals surface area contributed by atoms with Gasteiger partial charge >= 0.3 is 0 Å². The number of benzene rings is 1. The van der Waals surface area contributed by atoms with Gasteiger partial charge in [0.2, 0.25) is 15.9 Å². The fourth-order valence-corrected chi connectivity index (χ4v) is 6.04. The van der Waals surface area contributed by atoms with Gasteiger partial charge in [-0.25, -0.2) is 13.4 Å². The standard InChI is InChI=1S/C24H25N5O3S2/c1-14-7-17(18-9-16(10-25)11-26-12-18)8-15(2)21(14)28-22(30)24(3,4)20-13-33-23(27-20)29-34(31,32)19-5-6-19/h7-9,11-13,19H,5-6H2,1-4H3,(H,27,29)(H,28,30). The van der Waals surface area contributed by atoms with Crippen molar-refractivity contribution in [2.24, 2.45) is 0 Å². The number of rotatable bonds is 7. The first kappa shape index (κ1) is 23.9. The van der Waals surface area contributed by atoms with Crippen LogP contribution in [0.5, 0.6) is 0 Å². The number of aromatic nitrogens is 2. The number of carbonyl (C=O) groups excluding carboxylic acids is 1. The fourth-order valence-electron chi connectivity index (χ4n) is 3.56. The summed E-state index contributed by atoms with van der Waals surface area (Å²) >= 11 is 1.17. The van der Waals surface area contributed by atoms with E-state index in [1.807, 2.05) is 26.0 Å². The van der Waals surface area contributed by atoms with Crippen LogP contribution < -0.4 is 10.0 Å².